The predicted octanol–water partition coefficient (Wildman–Crippen LogP) is 2.11. The molecule has 22 heavy (non-hydrogen) atoms. The lowest BCUT2D eigenvalue weighted by molar-refractivity contribution is 0.195. The van der Waals surface area contributed by atoms with Gasteiger partial charge >= 0.3 is 6.03 Å². The molecule has 0 atom stereocenters. The summed E-state index contributed by atoms with van der Waals surface area (Å²) < 4.78 is 13.7. The number of benzene rings is 1. The second kappa shape index (κ2) is 6.94. The Morgan fingerprint density at radius 1 is 1.41 bits per heavy atom. The summed E-state index contributed by atoms with van der Waals surface area (Å²) in [5, 5.41) is 11.9. The van der Waals surface area contributed by atoms with Crippen LogP contribution in [0.1, 0.15) is 12.5 Å². The largest absolute Gasteiger partial charge is 0.367 e. The molecule has 1 aromatic rings. The van der Waals surface area contributed by atoms with Gasteiger partial charge in [-0.15, -0.1) is 0 Å². The van der Waals surface area contributed by atoms with E-state index in [1.165, 1.54) is 6.07 Å². The molecule has 0 bridgehead atoms. The van der Waals surface area contributed by atoms with E-state index in [-0.39, 0.29) is 11.6 Å². The number of urea groups is 1. The van der Waals surface area contributed by atoms with Crippen molar-refractivity contribution in [1.82, 2.24) is 10.2 Å². The average Bonchev–Trinajstić information content (AvgIpc) is 2.52. The maximum atomic E-state index is 13.7. The first-order valence-corrected chi connectivity index (χ1v) is 7.13. The van der Waals surface area contributed by atoms with Crippen LogP contribution in [0.25, 0.3) is 0 Å². The fraction of sp³-hybridized carbons (Fsp3) is 0.375. The molecule has 1 aromatic carbocycles. The third-order valence-corrected chi connectivity index (χ3v) is 3.55. The quantitative estimate of drug-likeness (QED) is 0.870. The molecule has 116 valence electrons. The van der Waals surface area contributed by atoms with Crippen LogP contribution in [0.15, 0.2) is 30.4 Å². The average molecular weight is 302 g/mol. The third-order valence-electron chi connectivity index (χ3n) is 3.55. The van der Waals surface area contributed by atoms with E-state index >= 15 is 0 Å². The number of carbonyl (C=O) groups excluding carboxylic acids is 1. The highest BCUT2D eigenvalue weighted by Crippen LogP contribution is 2.23. The molecule has 0 unspecified atom stereocenters. The molecule has 0 radical (unpaired) electrons. The van der Waals surface area contributed by atoms with Crippen LogP contribution < -0.4 is 10.2 Å². The number of carbonyl (C=O) groups is 1. The van der Waals surface area contributed by atoms with Crippen molar-refractivity contribution in [2.75, 3.05) is 37.6 Å². The summed E-state index contributed by atoms with van der Waals surface area (Å²) in [5.41, 5.74) is 1.54. The summed E-state index contributed by atoms with van der Waals surface area (Å²) in [6, 6.07) is 6.40. The molecule has 1 fully saturated rings. The molecule has 1 aliphatic heterocycles. The number of piperazine rings is 1. The van der Waals surface area contributed by atoms with Gasteiger partial charge in [0.25, 0.3) is 0 Å². The van der Waals surface area contributed by atoms with E-state index in [0.29, 0.717) is 38.4 Å². The first-order valence-electron chi connectivity index (χ1n) is 7.13. The van der Waals surface area contributed by atoms with E-state index in [1.54, 1.807) is 17.0 Å². The van der Waals surface area contributed by atoms with E-state index < -0.39 is 5.82 Å². The molecule has 0 spiro atoms. The van der Waals surface area contributed by atoms with E-state index in [1.807, 2.05) is 17.9 Å². The lowest BCUT2D eigenvalue weighted by atomic mass is 10.1. The number of anilines is 1. The number of amides is 2. The van der Waals surface area contributed by atoms with Gasteiger partial charge < -0.3 is 15.1 Å². The molecule has 2 rings (SSSR count). The molecule has 1 heterocycles. The Hall–Kier alpha value is -2.55. The van der Waals surface area contributed by atoms with Gasteiger partial charge in [0.05, 0.1) is 5.69 Å². The lowest BCUT2D eigenvalue weighted by Gasteiger charge is -2.36. The second-order valence-corrected chi connectivity index (χ2v) is 5.34. The standard InChI is InChI=1S/C16H19FN4O/c1-12(2)11-19-16(22)21-8-6-20(7-9-21)15-5-3-4-14(17)13(15)10-18/h3-5H,1,6-9,11H2,2H3,(H,19,22). The minimum atomic E-state index is -0.512. The van der Waals surface area contributed by atoms with Gasteiger partial charge in [0, 0.05) is 32.7 Å². The van der Waals surface area contributed by atoms with Crippen LogP contribution in [0.5, 0.6) is 0 Å². The summed E-state index contributed by atoms with van der Waals surface area (Å²) in [4.78, 5) is 15.6. The Labute approximate surface area is 129 Å². The van der Waals surface area contributed by atoms with Crippen LogP contribution in [-0.2, 0) is 0 Å². The zero-order valence-corrected chi connectivity index (χ0v) is 12.6. The highest BCUT2D eigenvalue weighted by atomic mass is 19.1. The van der Waals surface area contributed by atoms with Crippen molar-refractivity contribution in [1.29, 1.82) is 5.26 Å². The summed E-state index contributed by atoms with van der Waals surface area (Å²) in [5.74, 6) is -0.512. The molecule has 5 nitrogen and oxygen atoms in total. The molecule has 1 aliphatic rings. The number of nitrogens with one attached hydrogen (secondary N) is 1. The maximum absolute atomic E-state index is 13.7. The second-order valence-electron chi connectivity index (χ2n) is 5.34. The van der Waals surface area contributed by atoms with Crippen LogP contribution >= 0.6 is 0 Å². The monoisotopic (exact) mass is 302 g/mol. The van der Waals surface area contributed by atoms with E-state index in [9.17, 15) is 9.18 Å². The first-order chi connectivity index (χ1) is 10.5. The van der Waals surface area contributed by atoms with Gasteiger partial charge in [-0.25, -0.2) is 9.18 Å². The first kappa shape index (κ1) is 15.8. The normalized spacial score (nSPS) is 14.4. The summed E-state index contributed by atoms with van der Waals surface area (Å²) in [6.07, 6.45) is 0. The minimum Gasteiger partial charge on any atom is -0.367 e. The van der Waals surface area contributed by atoms with Gasteiger partial charge in [0.1, 0.15) is 17.4 Å². The van der Waals surface area contributed by atoms with Crippen molar-refractivity contribution < 1.29 is 9.18 Å². The Bertz CT molecular complexity index is 615. The minimum absolute atomic E-state index is 0.0580. The molecule has 0 aromatic heterocycles. The van der Waals surface area contributed by atoms with Crippen molar-refractivity contribution in [2.24, 2.45) is 0 Å². The smallest absolute Gasteiger partial charge is 0.317 e. The van der Waals surface area contributed by atoms with Crippen LogP contribution in [0.2, 0.25) is 0 Å². The van der Waals surface area contributed by atoms with E-state index in [0.717, 1.165) is 5.57 Å². The van der Waals surface area contributed by atoms with Crippen LogP contribution in [0.4, 0.5) is 14.9 Å². The van der Waals surface area contributed by atoms with Crippen molar-refractivity contribution in [3.05, 3.63) is 41.7 Å². The third kappa shape index (κ3) is 3.55. The molecule has 1 saturated heterocycles. The SMILES string of the molecule is C=C(C)CNC(=O)N1CCN(c2cccc(F)c2C#N)CC1. The summed E-state index contributed by atoms with van der Waals surface area (Å²) in [7, 11) is 0. The van der Waals surface area contributed by atoms with Crippen molar-refractivity contribution >= 4 is 11.7 Å². The van der Waals surface area contributed by atoms with E-state index in [4.69, 9.17) is 5.26 Å². The highest BCUT2D eigenvalue weighted by molar-refractivity contribution is 5.75. The zero-order valence-electron chi connectivity index (χ0n) is 12.6. The molecule has 0 aliphatic carbocycles. The molecular weight excluding hydrogens is 283 g/mol. The Balaban J connectivity index is 1.98. The topological polar surface area (TPSA) is 59.4 Å². The van der Waals surface area contributed by atoms with Crippen LogP contribution in [-0.4, -0.2) is 43.7 Å². The van der Waals surface area contributed by atoms with Gasteiger partial charge in [0.15, 0.2) is 0 Å². The number of hydrogen-bond acceptors (Lipinski definition) is 3. The Morgan fingerprint density at radius 3 is 2.68 bits per heavy atom. The number of halogens is 1. The number of rotatable bonds is 3. The van der Waals surface area contributed by atoms with Crippen molar-refractivity contribution in [3.8, 4) is 6.07 Å². The predicted molar refractivity (Wildman–Crippen MR) is 83.1 cm³/mol. The molecular formula is C16H19FN4O. The van der Waals surface area contributed by atoms with Crippen molar-refractivity contribution in [2.45, 2.75) is 6.92 Å². The van der Waals surface area contributed by atoms with Gasteiger partial charge in [0.2, 0.25) is 0 Å². The lowest BCUT2D eigenvalue weighted by Crippen LogP contribution is -2.52. The van der Waals surface area contributed by atoms with Gasteiger partial charge in [-0.05, 0) is 19.1 Å². The Kier molecular flexibility index (Phi) is 4.99. The van der Waals surface area contributed by atoms with Crippen LogP contribution in [0.3, 0.4) is 0 Å². The fourth-order valence-corrected chi connectivity index (χ4v) is 2.38. The van der Waals surface area contributed by atoms with Gasteiger partial charge in [-0.1, -0.05) is 18.2 Å². The fourth-order valence-electron chi connectivity index (χ4n) is 2.38. The van der Waals surface area contributed by atoms with Gasteiger partial charge in [-0.3, -0.25) is 0 Å². The highest BCUT2D eigenvalue weighted by Gasteiger charge is 2.23. The maximum Gasteiger partial charge on any atom is 0.317 e. The molecule has 6 heteroatoms. The molecule has 0 saturated carbocycles. The molecule has 1 N–H and O–H groups in total. The Morgan fingerprint density at radius 2 is 2.09 bits per heavy atom. The number of nitrogens with zero attached hydrogens (tertiary/aromatic N) is 3. The zero-order chi connectivity index (χ0) is 16.1. The van der Waals surface area contributed by atoms with Crippen molar-refractivity contribution in [3.63, 3.8) is 0 Å². The molecule has 2 amide bonds. The van der Waals surface area contributed by atoms with Crippen LogP contribution in [0, 0.1) is 17.1 Å². The summed E-state index contributed by atoms with van der Waals surface area (Å²) >= 11 is 0. The van der Waals surface area contributed by atoms with Gasteiger partial charge in [-0.2, -0.15) is 5.26 Å². The number of hydrogen-bond donors (Lipinski definition) is 1. The number of nitriles is 1. The summed E-state index contributed by atoms with van der Waals surface area (Å²) in [6.45, 7) is 8.25. The van der Waals surface area contributed by atoms with E-state index in [2.05, 4.69) is 11.9 Å².